The van der Waals surface area contributed by atoms with E-state index in [1.165, 1.54) is 0 Å². The molecular weight excluding hydrogens is 114 g/mol. The van der Waals surface area contributed by atoms with E-state index in [-0.39, 0.29) is 12.1 Å². The zero-order valence-electron chi connectivity index (χ0n) is 6.35. The van der Waals surface area contributed by atoms with Gasteiger partial charge in [-0.25, -0.2) is 0 Å². The van der Waals surface area contributed by atoms with Crippen LogP contribution in [0.1, 0.15) is 33.1 Å². The highest BCUT2D eigenvalue weighted by Crippen LogP contribution is 2.11. The van der Waals surface area contributed by atoms with Gasteiger partial charge in [0.05, 0.1) is 0 Å². The quantitative estimate of drug-likeness (QED) is 0.595. The van der Waals surface area contributed by atoms with E-state index in [9.17, 15) is 0 Å². The molecule has 0 saturated heterocycles. The van der Waals surface area contributed by atoms with Gasteiger partial charge in [0.25, 0.3) is 0 Å². The predicted octanol–water partition coefficient (Wildman–Crippen LogP) is 0.886. The topological polar surface area (TPSA) is 46.2 Å². The van der Waals surface area contributed by atoms with Gasteiger partial charge in [-0.05, 0) is 26.2 Å². The Morgan fingerprint density at radius 3 is 2.44 bits per heavy atom. The molecular formula is C7H17NO. The summed E-state index contributed by atoms with van der Waals surface area (Å²) in [6, 6.07) is 0. The Kier molecular flexibility index (Phi) is 3.82. The molecule has 2 nitrogen and oxygen atoms in total. The third kappa shape index (κ3) is 4.43. The van der Waals surface area contributed by atoms with E-state index < -0.39 is 0 Å². The van der Waals surface area contributed by atoms with Gasteiger partial charge < -0.3 is 10.8 Å². The van der Waals surface area contributed by atoms with Crippen LogP contribution in [0.4, 0.5) is 0 Å². The second kappa shape index (κ2) is 3.85. The highest BCUT2D eigenvalue weighted by molar-refractivity contribution is 4.75. The first-order valence-electron chi connectivity index (χ1n) is 3.52. The fourth-order valence-electron chi connectivity index (χ4n) is 0.660. The number of nitrogens with two attached hydrogens (primary N) is 1. The zero-order chi connectivity index (χ0) is 7.33. The van der Waals surface area contributed by atoms with Crippen LogP contribution in [0.15, 0.2) is 0 Å². The van der Waals surface area contributed by atoms with Crippen molar-refractivity contribution in [3.8, 4) is 0 Å². The van der Waals surface area contributed by atoms with E-state index in [1.807, 2.05) is 6.92 Å². The molecule has 0 aromatic rings. The maximum atomic E-state index is 8.47. The minimum Gasteiger partial charge on any atom is -0.396 e. The summed E-state index contributed by atoms with van der Waals surface area (Å²) in [5, 5.41) is 8.47. The summed E-state index contributed by atoms with van der Waals surface area (Å²) in [7, 11) is 0. The molecule has 9 heavy (non-hydrogen) atoms. The molecule has 0 aliphatic heterocycles. The number of hydrogen-bond donors (Lipinski definition) is 2. The third-order valence-electron chi connectivity index (χ3n) is 1.71. The van der Waals surface area contributed by atoms with E-state index in [0.717, 1.165) is 19.3 Å². The smallest absolute Gasteiger partial charge is 0.0431 e. The monoisotopic (exact) mass is 131 g/mol. The molecule has 0 amide bonds. The summed E-state index contributed by atoms with van der Waals surface area (Å²) < 4.78 is 0. The first-order chi connectivity index (χ1) is 4.12. The van der Waals surface area contributed by atoms with Crippen molar-refractivity contribution < 1.29 is 5.11 Å². The average molecular weight is 131 g/mol. The van der Waals surface area contributed by atoms with Gasteiger partial charge in [-0.3, -0.25) is 0 Å². The zero-order valence-corrected chi connectivity index (χ0v) is 6.35. The number of hydrogen-bond acceptors (Lipinski definition) is 2. The number of rotatable bonds is 4. The van der Waals surface area contributed by atoms with Crippen molar-refractivity contribution >= 4 is 0 Å². The Balaban J connectivity index is 3.33. The molecule has 0 aliphatic rings. The van der Waals surface area contributed by atoms with Crippen LogP contribution in [0.2, 0.25) is 0 Å². The Morgan fingerprint density at radius 1 is 1.56 bits per heavy atom. The summed E-state index contributed by atoms with van der Waals surface area (Å²) in [5.41, 5.74) is 5.72. The predicted molar refractivity (Wildman–Crippen MR) is 39.2 cm³/mol. The molecule has 0 spiro atoms. The molecule has 2 heteroatoms. The molecule has 0 heterocycles. The van der Waals surface area contributed by atoms with Crippen molar-refractivity contribution in [2.75, 3.05) is 6.61 Å². The first kappa shape index (κ1) is 8.92. The molecule has 1 atom stereocenters. The van der Waals surface area contributed by atoms with Gasteiger partial charge in [-0.1, -0.05) is 6.92 Å². The molecule has 0 radical (unpaired) electrons. The van der Waals surface area contributed by atoms with Gasteiger partial charge in [0.15, 0.2) is 0 Å². The van der Waals surface area contributed by atoms with E-state index in [0.29, 0.717) is 0 Å². The summed E-state index contributed by atoms with van der Waals surface area (Å²) in [6.07, 6.45) is 2.72. The molecule has 0 aromatic heterocycles. The highest BCUT2D eigenvalue weighted by atomic mass is 16.2. The van der Waals surface area contributed by atoms with Crippen LogP contribution in [0.5, 0.6) is 0 Å². The maximum absolute atomic E-state index is 8.47. The van der Waals surface area contributed by atoms with Crippen molar-refractivity contribution in [2.45, 2.75) is 38.6 Å². The Bertz CT molecular complexity index is 71.3. The van der Waals surface area contributed by atoms with Gasteiger partial charge in [-0.2, -0.15) is 0 Å². The Hall–Kier alpha value is -0.0800. The number of aliphatic hydroxyl groups excluding tert-OH is 1. The normalized spacial score (nSPS) is 17.3. The van der Waals surface area contributed by atoms with Crippen LogP contribution in [-0.2, 0) is 0 Å². The largest absolute Gasteiger partial charge is 0.396 e. The highest BCUT2D eigenvalue weighted by Gasteiger charge is 2.13. The molecule has 0 fully saturated rings. The molecule has 0 saturated carbocycles. The minimum atomic E-state index is -0.0667. The lowest BCUT2D eigenvalue weighted by Gasteiger charge is -2.21. The van der Waals surface area contributed by atoms with Crippen LogP contribution >= 0.6 is 0 Å². The minimum absolute atomic E-state index is 0.0667. The third-order valence-corrected chi connectivity index (χ3v) is 1.71. The second-order valence-corrected chi connectivity index (χ2v) is 2.83. The molecule has 0 bridgehead atoms. The van der Waals surface area contributed by atoms with Gasteiger partial charge in [-0.15, -0.1) is 0 Å². The van der Waals surface area contributed by atoms with E-state index in [2.05, 4.69) is 6.92 Å². The molecule has 1 unspecified atom stereocenters. The van der Waals surface area contributed by atoms with Crippen molar-refractivity contribution in [1.29, 1.82) is 0 Å². The fraction of sp³-hybridized carbons (Fsp3) is 1.00. The second-order valence-electron chi connectivity index (χ2n) is 2.83. The summed E-state index contributed by atoms with van der Waals surface area (Å²) in [4.78, 5) is 0. The number of aliphatic hydroxyl groups is 1. The lowest BCUT2D eigenvalue weighted by molar-refractivity contribution is 0.263. The van der Waals surface area contributed by atoms with Gasteiger partial charge >= 0.3 is 0 Å². The van der Waals surface area contributed by atoms with Crippen LogP contribution in [0.3, 0.4) is 0 Å². The molecule has 3 N–H and O–H groups in total. The standard InChI is InChI=1S/C7H17NO/c1-3-7(2,8)5-4-6-9/h9H,3-6,8H2,1-2H3. The van der Waals surface area contributed by atoms with Crippen LogP contribution in [0, 0.1) is 0 Å². The van der Waals surface area contributed by atoms with Crippen LogP contribution < -0.4 is 5.73 Å². The van der Waals surface area contributed by atoms with Crippen LogP contribution in [-0.4, -0.2) is 17.3 Å². The van der Waals surface area contributed by atoms with Crippen LogP contribution in [0.25, 0.3) is 0 Å². The molecule has 56 valence electrons. The molecule has 0 rings (SSSR count). The summed E-state index contributed by atoms with van der Waals surface area (Å²) in [5.74, 6) is 0. The Morgan fingerprint density at radius 2 is 2.11 bits per heavy atom. The SMILES string of the molecule is CCC(C)(N)CCCO. The average Bonchev–Trinajstić information content (AvgIpc) is 1.84. The van der Waals surface area contributed by atoms with E-state index >= 15 is 0 Å². The van der Waals surface area contributed by atoms with Gasteiger partial charge in [0.2, 0.25) is 0 Å². The summed E-state index contributed by atoms with van der Waals surface area (Å²) >= 11 is 0. The maximum Gasteiger partial charge on any atom is 0.0431 e. The van der Waals surface area contributed by atoms with Crippen molar-refractivity contribution in [3.63, 3.8) is 0 Å². The fourth-order valence-corrected chi connectivity index (χ4v) is 0.660. The van der Waals surface area contributed by atoms with Gasteiger partial charge in [0.1, 0.15) is 0 Å². The van der Waals surface area contributed by atoms with Crippen molar-refractivity contribution in [1.82, 2.24) is 0 Å². The molecule has 0 aromatic carbocycles. The van der Waals surface area contributed by atoms with E-state index in [4.69, 9.17) is 10.8 Å². The lowest BCUT2D eigenvalue weighted by Crippen LogP contribution is -2.35. The van der Waals surface area contributed by atoms with Gasteiger partial charge in [0, 0.05) is 12.1 Å². The summed E-state index contributed by atoms with van der Waals surface area (Å²) in [6.45, 7) is 4.34. The Labute approximate surface area is 57.1 Å². The van der Waals surface area contributed by atoms with E-state index in [1.54, 1.807) is 0 Å². The first-order valence-corrected chi connectivity index (χ1v) is 3.52. The molecule has 0 aliphatic carbocycles. The van der Waals surface area contributed by atoms with Crippen molar-refractivity contribution in [3.05, 3.63) is 0 Å². The van der Waals surface area contributed by atoms with Crippen molar-refractivity contribution in [2.24, 2.45) is 5.73 Å². The lowest BCUT2D eigenvalue weighted by atomic mass is 9.95.